The zero-order valence-corrected chi connectivity index (χ0v) is 83.1. The van der Waals surface area contributed by atoms with Gasteiger partial charge in [0.15, 0.2) is 6.71 Å². The molecular weight excluding hydrogens is 1530 g/mol. The zero-order valence-electron chi connectivity index (χ0n) is 83.1. The monoisotopic (exact) mass is 1730 g/mol. The molecule has 3 aliphatic heterocycles. The molecule has 0 bridgehead atoms. The minimum absolute atomic E-state index is 0.783. The van der Waals surface area contributed by atoms with Crippen molar-refractivity contribution in [2.75, 3.05) is 0 Å². The Bertz CT molecular complexity index is 3330. The van der Waals surface area contributed by atoms with Gasteiger partial charge in [-0.05, 0) is 357 Å². The van der Waals surface area contributed by atoms with Crippen LogP contribution in [0, 0.1) is 166 Å². The third kappa shape index (κ3) is 16.9. The largest absolute Gasteiger partial charge is 0.295 e. The number of fused-ring (bicyclic) bond motifs is 9. The summed E-state index contributed by atoms with van der Waals surface area (Å²) in [6.07, 6.45) is 126. The number of likely N-dealkylation sites (tertiary alicyclic amines) is 1. The maximum absolute atomic E-state index is 4.19. The van der Waals surface area contributed by atoms with Crippen LogP contribution < -0.4 is 0 Å². The number of rotatable bonds is 15. The van der Waals surface area contributed by atoms with Crippen LogP contribution >= 0.6 is 0 Å². The van der Waals surface area contributed by atoms with Crippen LogP contribution in [-0.2, 0) is 0 Å². The van der Waals surface area contributed by atoms with Crippen molar-refractivity contribution in [2.24, 2.45) is 166 Å². The van der Waals surface area contributed by atoms with Gasteiger partial charge in [-0.3, -0.25) is 19.6 Å². The molecule has 22 saturated carbocycles. The van der Waals surface area contributed by atoms with Crippen molar-refractivity contribution in [1.82, 2.24) is 19.6 Å². The first kappa shape index (κ1) is 88.3. The highest BCUT2D eigenvalue weighted by atomic mass is 15.3. The lowest BCUT2D eigenvalue weighted by molar-refractivity contribution is -0.156. The summed E-state index contributed by atoms with van der Waals surface area (Å²) in [6, 6.07) is 10.2. The summed E-state index contributed by atoms with van der Waals surface area (Å²) >= 11 is 0. The molecule has 712 valence electrons. The Kier molecular flexibility index (Phi) is 27.5. The van der Waals surface area contributed by atoms with Crippen molar-refractivity contribution in [1.29, 1.82) is 0 Å². The number of hydrogen-bond acceptors (Lipinski definition) is 4. The summed E-state index contributed by atoms with van der Waals surface area (Å²) in [5.41, 5.74) is 0. The maximum Gasteiger partial charge on any atom is 0.156 e. The second-order valence-electron chi connectivity index (χ2n) is 55.5. The van der Waals surface area contributed by atoms with Crippen LogP contribution in [-0.4, -0.2) is 98.8 Å². The van der Waals surface area contributed by atoms with Gasteiger partial charge in [-0.25, -0.2) is 0 Å². The quantitative estimate of drug-likeness (QED) is 0.152. The van der Waals surface area contributed by atoms with E-state index in [9.17, 15) is 0 Å². The third-order valence-corrected chi connectivity index (χ3v) is 51.1. The molecule has 4 nitrogen and oxygen atoms in total. The van der Waals surface area contributed by atoms with Crippen LogP contribution in [0.15, 0.2) is 0 Å². The number of hydrogen-bond donors (Lipinski definition) is 0. The van der Waals surface area contributed by atoms with Crippen molar-refractivity contribution < 1.29 is 0 Å². The van der Waals surface area contributed by atoms with Crippen molar-refractivity contribution in [2.45, 2.75) is 597 Å². The SMILES string of the molecule is C1CCC(C2CCC(N(C3CCC(C4CCCCC4)CC3)C3CC4C5B(C6CC(C7CC8CCCC9C%10CCCC%11CCCC(C(C7)C89)C%11%10)CCC6N4C4C(C6CCCCC6)CC(C6CCCCC6)CC4C4CCCCC4)C4CCC(N6C7CCCCC7C7CCCCC76)CC4N(C4C(C6CCCCC6)CC(C6CCCCC6)CC4C4CCCCC4)C5C3)CC2)CC1. The van der Waals surface area contributed by atoms with Crippen LogP contribution in [0.2, 0.25) is 17.5 Å². The molecule has 0 aromatic rings. The van der Waals surface area contributed by atoms with Gasteiger partial charge in [0.1, 0.15) is 0 Å². The summed E-state index contributed by atoms with van der Waals surface area (Å²) in [5, 5.41) is 0. The average Bonchev–Trinajstić information content (AvgIpc) is 0.719. The van der Waals surface area contributed by atoms with Gasteiger partial charge in [0.25, 0.3) is 0 Å². The summed E-state index contributed by atoms with van der Waals surface area (Å²) in [5.74, 6) is 31.9. The van der Waals surface area contributed by atoms with Gasteiger partial charge in [-0.15, -0.1) is 0 Å². The van der Waals surface area contributed by atoms with Crippen molar-refractivity contribution in [3.63, 3.8) is 0 Å². The minimum atomic E-state index is 0.783. The topological polar surface area (TPSA) is 13.0 Å². The minimum Gasteiger partial charge on any atom is -0.295 e. The van der Waals surface area contributed by atoms with Crippen LogP contribution in [0.1, 0.15) is 507 Å². The predicted molar refractivity (Wildman–Crippen MR) is 532 cm³/mol. The molecular formula is C122H201BN4. The van der Waals surface area contributed by atoms with E-state index in [1.807, 2.05) is 0 Å². The molecule has 22 aliphatic carbocycles. The smallest absolute Gasteiger partial charge is 0.156 e. The second kappa shape index (κ2) is 39.5. The Morgan fingerprint density at radius 3 is 0.929 bits per heavy atom. The lowest BCUT2D eigenvalue weighted by atomic mass is 9.18. The molecule has 127 heavy (non-hydrogen) atoms. The molecule has 25 fully saturated rings. The molecule has 0 N–H and O–H groups in total. The van der Waals surface area contributed by atoms with Crippen molar-refractivity contribution >= 4 is 6.71 Å². The van der Waals surface area contributed by atoms with E-state index >= 15 is 0 Å². The van der Waals surface area contributed by atoms with Gasteiger partial charge in [0.05, 0.1) is 0 Å². The van der Waals surface area contributed by atoms with Gasteiger partial charge in [-0.2, -0.15) is 0 Å². The molecule has 5 heteroatoms. The van der Waals surface area contributed by atoms with Crippen LogP contribution in [0.3, 0.4) is 0 Å². The van der Waals surface area contributed by atoms with Gasteiger partial charge < -0.3 is 0 Å². The first-order chi connectivity index (χ1) is 63.0. The van der Waals surface area contributed by atoms with Crippen LogP contribution in [0.4, 0.5) is 0 Å². The van der Waals surface area contributed by atoms with E-state index in [1.165, 1.54) is 12.8 Å². The van der Waals surface area contributed by atoms with E-state index in [0.717, 1.165) is 262 Å². The molecule has 0 aromatic heterocycles. The molecule has 25 rings (SSSR count). The number of nitrogens with zero attached hydrogens (tertiary/aromatic N) is 4. The van der Waals surface area contributed by atoms with Gasteiger partial charge in [0.2, 0.25) is 0 Å². The fraction of sp³-hybridized carbons (Fsp3) is 1.00. The summed E-state index contributed by atoms with van der Waals surface area (Å²) < 4.78 is 0. The zero-order chi connectivity index (χ0) is 83.6. The average molecular weight is 1730 g/mol. The summed E-state index contributed by atoms with van der Waals surface area (Å²) in [7, 11) is 0. The van der Waals surface area contributed by atoms with E-state index in [-0.39, 0.29) is 0 Å². The Labute approximate surface area is 784 Å². The fourth-order valence-corrected chi connectivity index (χ4v) is 46.8. The normalized spacial score (nSPS) is 49.9. The molecule has 27 atom stereocenters. The highest BCUT2D eigenvalue weighted by Crippen LogP contribution is 2.72. The lowest BCUT2D eigenvalue weighted by Crippen LogP contribution is -2.78. The van der Waals surface area contributed by atoms with E-state index in [1.54, 1.807) is 494 Å². The standard InChI is InChI=1S/C122H201BN4/c1-9-32-80(33-10-1)84-58-63-96(64-59-84)124(97-65-60-85(61-66-97)81-34-11-2-12-35-81)99-78-116-120-117(79-99)127(122-107(88-44-21-7-22-45-88)73-95(83-38-15-4-16-39-83)74-108(122)89-46-23-8-24-47-89)115-77-98(125-112-56-27-25-51-100(112)101-52-26-28-57-113(101)125)67-68-110(115)123(120)111-76-91(93-70-92-50-31-54-103-102-53-29-48-90-49-30-55-104(118(90)102)109(75-93)119(92)103)62-69-114(111)126(116)121-105(86-40-17-5-18-41-86)71-94(82-36-13-3-14-37-82)72-106(121)87-42-19-6-20-43-87/h80-122H,1-79H2. The van der Waals surface area contributed by atoms with E-state index in [0.29, 0.717) is 0 Å². The van der Waals surface area contributed by atoms with Crippen LogP contribution in [0.25, 0.3) is 0 Å². The van der Waals surface area contributed by atoms with Gasteiger partial charge >= 0.3 is 0 Å². The van der Waals surface area contributed by atoms with Crippen molar-refractivity contribution in [3.8, 4) is 0 Å². The fourth-order valence-electron chi connectivity index (χ4n) is 46.8. The van der Waals surface area contributed by atoms with Gasteiger partial charge in [-0.1, -0.05) is 334 Å². The van der Waals surface area contributed by atoms with E-state index in [4.69, 9.17) is 0 Å². The molecule has 27 unspecified atom stereocenters. The third-order valence-electron chi connectivity index (χ3n) is 51.1. The molecule has 3 heterocycles. The summed E-state index contributed by atoms with van der Waals surface area (Å²) in [6.45, 7) is 0.975. The van der Waals surface area contributed by atoms with Gasteiger partial charge in [0, 0.05) is 72.5 Å². The molecule has 0 aromatic carbocycles. The predicted octanol–water partition coefficient (Wildman–Crippen LogP) is 32.6. The van der Waals surface area contributed by atoms with E-state index < -0.39 is 0 Å². The highest BCUT2D eigenvalue weighted by molar-refractivity contribution is 6.65. The highest BCUT2D eigenvalue weighted by Gasteiger charge is 2.71. The maximum atomic E-state index is 4.19. The lowest BCUT2D eigenvalue weighted by Gasteiger charge is -2.73. The molecule has 25 aliphatic rings. The van der Waals surface area contributed by atoms with Crippen molar-refractivity contribution in [3.05, 3.63) is 0 Å². The Hall–Kier alpha value is -0.0951. The molecule has 0 spiro atoms. The first-order valence-electron chi connectivity index (χ1n) is 62.1. The Balaban J connectivity index is 0.685. The second-order valence-corrected chi connectivity index (χ2v) is 55.5. The Morgan fingerprint density at radius 1 is 0.157 bits per heavy atom. The van der Waals surface area contributed by atoms with E-state index in [2.05, 4.69) is 19.6 Å². The first-order valence-corrected chi connectivity index (χ1v) is 62.1. The molecule has 0 radical (unpaired) electrons. The van der Waals surface area contributed by atoms with Crippen LogP contribution in [0.5, 0.6) is 0 Å². The molecule has 0 amide bonds. The molecule has 3 saturated heterocycles. The summed E-state index contributed by atoms with van der Waals surface area (Å²) in [4.78, 5) is 15.9. The Morgan fingerprint density at radius 2 is 0.488 bits per heavy atom.